The van der Waals surface area contributed by atoms with E-state index in [-0.39, 0.29) is 28.1 Å². The summed E-state index contributed by atoms with van der Waals surface area (Å²) in [6.07, 6.45) is 0.437. The van der Waals surface area contributed by atoms with Crippen LogP contribution in [0.5, 0.6) is 0 Å². The van der Waals surface area contributed by atoms with Gasteiger partial charge in [-0.25, -0.2) is 13.2 Å². The van der Waals surface area contributed by atoms with Crippen LogP contribution in [-0.4, -0.2) is 26.8 Å². The highest BCUT2D eigenvalue weighted by Gasteiger charge is 2.31. The van der Waals surface area contributed by atoms with Gasteiger partial charge in [-0.15, -0.1) is 0 Å². The fraction of sp³-hybridized carbons (Fsp3) is 0.458. The minimum Gasteiger partial charge on any atom is -0.373 e. The second-order valence-corrected chi connectivity index (χ2v) is 10.9. The molecule has 2 amide bonds. The number of anilines is 2. The Bertz CT molecular complexity index is 1140. The number of carbonyl (C=O) groups excluding carboxylic acids is 1. The Morgan fingerprint density at radius 3 is 2.50 bits per heavy atom. The molecule has 1 aliphatic carbocycles. The zero-order valence-corrected chi connectivity index (χ0v) is 19.3. The van der Waals surface area contributed by atoms with Crippen LogP contribution < -0.4 is 10.6 Å². The van der Waals surface area contributed by atoms with Crippen molar-refractivity contribution in [3.8, 4) is 0 Å². The summed E-state index contributed by atoms with van der Waals surface area (Å²) in [6.45, 7) is 0.558. The van der Waals surface area contributed by atoms with Gasteiger partial charge in [0.05, 0.1) is 22.3 Å². The molecular weight excluding hydrogens is 469 g/mol. The van der Waals surface area contributed by atoms with Crippen molar-refractivity contribution in [1.82, 2.24) is 0 Å². The number of benzene rings is 2. The van der Waals surface area contributed by atoms with Gasteiger partial charge in [-0.2, -0.15) is 13.2 Å². The number of halogens is 3. The van der Waals surface area contributed by atoms with Gasteiger partial charge in [-0.1, -0.05) is 25.0 Å². The zero-order chi connectivity index (χ0) is 24.3. The lowest BCUT2D eigenvalue weighted by Crippen LogP contribution is -2.22. The summed E-state index contributed by atoms with van der Waals surface area (Å²) in [4.78, 5) is 12.8. The molecule has 34 heavy (non-hydrogen) atoms. The molecule has 6 nitrogen and oxygen atoms in total. The van der Waals surface area contributed by atoms with Crippen LogP contribution >= 0.6 is 0 Å². The zero-order valence-electron chi connectivity index (χ0n) is 18.5. The Balaban J connectivity index is 1.56. The number of urea groups is 1. The topological polar surface area (TPSA) is 84.5 Å². The minimum absolute atomic E-state index is 0.0315. The lowest BCUT2D eigenvalue weighted by atomic mass is 10.00. The number of hydrogen-bond acceptors (Lipinski definition) is 4. The van der Waals surface area contributed by atoms with Crippen LogP contribution in [0, 0.1) is 5.92 Å². The Hall–Kier alpha value is -2.59. The first kappa shape index (κ1) is 24.5. The maximum atomic E-state index is 13.0. The third-order valence-corrected chi connectivity index (χ3v) is 7.84. The molecular formula is C24H27F3N2O4S. The van der Waals surface area contributed by atoms with Crippen LogP contribution in [0.3, 0.4) is 0 Å². The average molecular weight is 497 g/mol. The van der Waals surface area contributed by atoms with Crippen molar-refractivity contribution in [3.05, 3.63) is 53.6 Å². The molecule has 2 N–H and O–H groups in total. The standard InChI is InChI=1S/C24H27F3N2O4S/c25-24(26,27)17-4-3-5-18(14-17)28-23(30)29-21-15-19(34(31,32)13-11-16-7-8-16)9-10-20(21)22-6-1-2-12-33-22/h3-5,9-10,14-16,22H,1-2,6-8,11-13H2,(H2,28,29,30). The molecule has 184 valence electrons. The summed E-state index contributed by atoms with van der Waals surface area (Å²) in [5.74, 6) is 0.493. The first-order valence-corrected chi connectivity index (χ1v) is 13.0. The van der Waals surface area contributed by atoms with E-state index in [1.807, 2.05) is 0 Å². The van der Waals surface area contributed by atoms with Crippen LogP contribution in [0.4, 0.5) is 29.3 Å². The molecule has 1 atom stereocenters. The fourth-order valence-electron chi connectivity index (χ4n) is 4.01. The van der Waals surface area contributed by atoms with E-state index in [9.17, 15) is 26.4 Å². The van der Waals surface area contributed by atoms with Crippen molar-refractivity contribution in [2.75, 3.05) is 23.0 Å². The summed E-state index contributed by atoms with van der Waals surface area (Å²) >= 11 is 0. The Labute approximate surface area is 196 Å². The predicted molar refractivity (Wildman–Crippen MR) is 122 cm³/mol. The molecule has 1 heterocycles. The van der Waals surface area contributed by atoms with E-state index in [0.717, 1.165) is 44.2 Å². The van der Waals surface area contributed by atoms with Crippen LogP contribution in [0.15, 0.2) is 47.4 Å². The van der Waals surface area contributed by atoms with Crippen LogP contribution in [-0.2, 0) is 20.8 Å². The molecule has 1 saturated carbocycles. The van der Waals surface area contributed by atoms with E-state index in [1.54, 1.807) is 6.07 Å². The minimum atomic E-state index is -4.54. The number of carbonyl (C=O) groups is 1. The van der Waals surface area contributed by atoms with Crippen LogP contribution in [0.25, 0.3) is 0 Å². The van der Waals surface area contributed by atoms with E-state index in [0.29, 0.717) is 24.5 Å². The third-order valence-electron chi connectivity index (χ3n) is 6.10. The second kappa shape index (κ2) is 9.95. The van der Waals surface area contributed by atoms with Crippen molar-refractivity contribution >= 4 is 27.2 Å². The smallest absolute Gasteiger partial charge is 0.373 e. The molecule has 0 radical (unpaired) electrons. The molecule has 4 rings (SSSR count). The van der Waals surface area contributed by atoms with Gasteiger partial charge in [-0.05, 0) is 61.9 Å². The highest BCUT2D eigenvalue weighted by molar-refractivity contribution is 7.91. The largest absolute Gasteiger partial charge is 0.416 e. The van der Waals surface area contributed by atoms with E-state index >= 15 is 0 Å². The number of sulfone groups is 1. The van der Waals surface area contributed by atoms with Gasteiger partial charge < -0.3 is 15.4 Å². The molecule has 0 bridgehead atoms. The molecule has 1 unspecified atom stereocenters. The summed E-state index contributed by atoms with van der Waals surface area (Å²) in [5.41, 5.74) is -0.00902. The predicted octanol–water partition coefficient (Wildman–Crippen LogP) is 6.16. The highest BCUT2D eigenvalue weighted by Crippen LogP contribution is 2.36. The second-order valence-electron chi connectivity index (χ2n) is 8.81. The number of ether oxygens (including phenoxy) is 1. The number of hydrogen-bond donors (Lipinski definition) is 2. The lowest BCUT2D eigenvalue weighted by Gasteiger charge is -2.25. The maximum absolute atomic E-state index is 13.0. The van der Waals surface area contributed by atoms with E-state index in [4.69, 9.17) is 4.74 Å². The van der Waals surface area contributed by atoms with Gasteiger partial charge >= 0.3 is 12.2 Å². The van der Waals surface area contributed by atoms with Crippen molar-refractivity contribution in [3.63, 3.8) is 0 Å². The molecule has 1 saturated heterocycles. The number of amides is 2. The molecule has 2 aromatic rings. The third kappa shape index (κ3) is 6.29. The molecule has 10 heteroatoms. The van der Waals surface area contributed by atoms with Crippen LogP contribution in [0.2, 0.25) is 0 Å². The normalized spacial score (nSPS) is 19.0. The van der Waals surface area contributed by atoms with E-state index < -0.39 is 27.6 Å². The molecule has 2 fully saturated rings. The number of nitrogens with one attached hydrogen (secondary N) is 2. The maximum Gasteiger partial charge on any atom is 0.416 e. The van der Waals surface area contributed by atoms with Crippen molar-refractivity contribution in [2.45, 2.75) is 55.7 Å². The molecule has 0 spiro atoms. The van der Waals surface area contributed by atoms with Crippen molar-refractivity contribution in [2.24, 2.45) is 5.92 Å². The first-order chi connectivity index (χ1) is 16.1. The molecule has 2 aromatic carbocycles. The fourth-order valence-corrected chi connectivity index (χ4v) is 5.46. The molecule has 1 aliphatic heterocycles. The monoisotopic (exact) mass is 496 g/mol. The Morgan fingerprint density at radius 1 is 1.03 bits per heavy atom. The van der Waals surface area contributed by atoms with E-state index in [2.05, 4.69) is 10.6 Å². The lowest BCUT2D eigenvalue weighted by molar-refractivity contribution is -0.137. The summed E-state index contributed by atoms with van der Waals surface area (Å²) < 4.78 is 70.5. The van der Waals surface area contributed by atoms with Gasteiger partial charge in [0.25, 0.3) is 0 Å². The molecule has 2 aliphatic rings. The van der Waals surface area contributed by atoms with Crippen molar-refractivity contribution in [1.29, 1.82) is 0 Å². The van der Waals surface area contributed by atoms with Crippen LogP contribution in [0.1, 0.15) is 55.8 Å². The highest BCUT2D eigenvalue weighted by atomic mass is 32.2. The van der Waals surface area contributed by atoms with Gasteiger partial charge in [-0.3, -0.25) is 0 Å². The SMILES string of the molecule is O=C(Nc1cccc(C(F)(F)F)c1)Nc1cc(S(=O)(=O)CCC2CC2)ccc1C1CCCCO1. The summed E-state index contributed by atoms with van der Waals surface area (Å²) in [6, 6.07) is 8.13. The van der Waals surface area contributed by atoms with Gasteiger partial charge in [0.2, 0.25) is 0 Å². The quantitative estimate of drug-likeness (QED) is 0.481. The number of rotatable bonds is 7. The first-order valence-electron chi connectivity index (χ1n) is 11.4. The van der Waals surface area contributed by atoms with Crippen molar-refractivity contribution < 1.29 is 31.1 Å². The van der Waals surface area contributed by atoms with Gasteiger partial charge in [0.1, 0.15) is 0 Å². The Morgan fingerprint density at radius 2 is 1.82 bits per heavy atom. The Kier molecular flexibility index (Phi) is 7.18. The van der Waals surface area contributed by atoms with Gasteiger partial charge in [0.15, 0.2) is 9.84 Å². The summed E-state index contributed by atoms with van der Waals surface area (Å²) in [7, 11) is -3.54. The molecule has 0 aromatic heterocycles. The van der Waals surface area contributed by atoms with E-state index in [1.165, 1.54) is 24.3 Å². The van der Waals surface area contributed by atoms with Gasteiger partial charge in [0, 0.05) is 23.5 Å². The number of alkyl halides is 3. The average Bonchev–Trinajstić information content (AvgIpc) is 3.63. The summed E-state index contributed by atoms with van der Waals surface area (Å²) in [5, 5.41) is 5.03.